The van der Waals surface area contributed by atoms with E-state index in [0.29, 0.717) is 29.0 Å². The van der Waals surface area contributed by atoms with Gasteiger partial charge in [-0.1, -0.05) is 29.3 Å². The number of pyridine rings is 2. The molecular weight excluding hydrogens is 465 g/mol. The first kappa shape index (κ1) is 22.4. The zero-order valence-corrected chi connectivity index (χ0v) is 19.3. The van der Waals surface area contributed by atoms with Gasteiger partial charge in [0.1, 0.15) is 18.3 Å². The summed E-state index contributed by atoms with van der Waals surface area (Å²) in [6.07, 6.45) is 2.04. The lowest BCUT2D eigenvalue weighted by molar-refractivity contribution is 0.0181. The molecule has 172 valence electrons. The monoisotopic (exact) mass is 487 g/mol. The molecule has 1 aromatic carbocycles. The van der Waals surface area contributed by atoms with Crippen molar-refractivity contribution < 1.29 is 19.3 Å². The van der Waals surface area contributed by atoms with Gasteiger partial charge >= 0.3 is 0 Å². The highest BCUT2D eigenvalue weighted by atomic mass is 35.5. The first-order chi connectivity index (χ1) is 15.9. The summed E-state index contributed by atoms with van der Waals surface area (Å²) in [6.45, 7) is 2.64. The maximum Gasteiger partial charge on any atom is 0.166 e. The van der Waals surface area contributed by atoms with Gasteiger partial charge in [0, 0.05) is 44.8 Å². The highest BCUT2D eigenvalue weighted by Gasteiger charge is 2.48. The van der Waals surface area contributed by atoms with Crippen LogP contribution in [0, 0.1) is 0 Å². The van der Waals surface area contributed by atoms with Gasteiger partial charge in [-0.2, -0.15) is 0 Å². The fourth-order valence-electron chi connectivity index (χ4n) is 4.32. The van der Waals surface area contributed by atoms with Crippen molar-refractivity contribution in [3.05, 3.63) is 70.1 Å². The molecule has 7 nitrogen and oxygen atoms in total. The lowest BCUT2D eigenvalue weighted by atomic mass is 9.96. The van der Waals surface area contributed by atoms with E-state index in [1.165, 1.54) is 0 Å². The van der Waals surface area contributed by atoms with E-state index in [1.54, 1.807) is 30.6 Å². The molecular formula is C24H23Cl2N3O4. The molecule has 33 heavy (non-hydrogen) atoms. The smallest absolute Gasteiger partial charge is 0.166 e. The number of aliphatic hydroxyl groups excluding tert-OH is 1. The van der Waals surface area contributed by atoms with Crippen LogP contribution in [-0.2, 0) is 9.47 Å². The predicted octanol–water partition coefficient (Wildman–Crippen LogP) is 4.41. The van der Waals surface area contributed by atoms with Gasteiger partial charge in [0.15, 0.2) is 11.6 Å². The molecule has 0 bridgehead atoms. The van der Waals surface area contributed by atoms with E-state index < -0.39 is 6.10 Å². The number of hydrogen-bond acceptors (Lipinski definition) is 7. The van der Waals surface area contributed by atoms with Crippen LogP contribution in [0.15, 0.2) is 48.8 Å². The molecule has 0 aliphatic carbocycles. The van der Waals surface area contributed by atoms with Crippen molar-refractivity contribution in [3.8, 4) is 16.9 Å². The van der Waals surface area contributed by atoms with Crippen molar-refractivity contribution in [2.24, 2.45) is 0 Å². The van der Waals surface area contributed by atoms with Gasteiger partial charge in [-0.15, -0.1) is 0 Å². The summed E-state index contributed by atoms with van der Waals surface area (Å²) in [5.74, 6) is 0.716. The number of nitrogens with zero attached hydrogens (tertiary/aromatic N) is 2. The van der Waals surface area contributed by atoms with Crippen LogP contribution in [-0.4, -0.2) is 46.6 Å². The van der Waals surface area contributed by atoms with Crippen molar-refractivity contribution in [1.29, 1.82) is 0 Å². The number of nitrogens with two attached hydrogens (primary N) is 1. The van der Waals surface area contributed by atoms with E-state index in [0.717, 1.165) is 22.4 Å². The number of anilines is 1. The van der Waals surface area contributed by atoms with Crippen LogP contribution in [0.4, 0.5) is 5.82 Å². The number of aromatic nitrogens is 2. The van der Waals surface area contributed by atoms with Crippen LogP contribution in [0.3, 0.4) is 0 Å². The number of fused-ring (bicyclic) bond motifs is 1. The molecule has 3 N–H and O–H groups in total. The summed E-state index contributed by atoms with van der Waals surface area (Å²) in [4.78, 5) is 8.92. The summed E-state index contributed by atoms with van der Waals surface area (Å²) in [7, 11) is 0. The van der Waals surface area contributed by atoms with Crippen LogP contribution < -0.4 is 10.5 Å². The lowest BCUT2D eigenvalue weighted by Gasteiger charge is -2.18. The number of hydrogen-bond donors (Lipinski definition) is 2. The van der Waals surface area contributed by atoms with Crippen LogP contribution in [0.1, 0.15) is 30.2 Å². The SMILES string of the molecule is CC(Oc1cc(-c2ccc(C3CO[C@@H]4[C@H](O)CO[C@H]34)nc2)cnc1N)c1cc(Cl)ccc1Cl. The molecule has 0 saturated carbocycles. The van der Waals surface area contributed by atoms with E-state index >= 15 is 0 Å². The van der Waals surface area contributed by atoms with Crippen LogP contribution >= 0.6 is 23.2 Å². The average molecular weight is 488 g/mol. The highest BCUT2D eigenvalue weighted by molar-refractivity contribution is 6.33. The molecule has 3 aromatic rings. The summed E-state index contributed by atoms with van der Waals surface area (Å²) in [6, 6.07) is 11.0. The molecule has 2 aliphatic rings. The van der Waals surface area contributed by atoms with Gasteiger partial charge in [0.25, 0.3) is 0 Å². The Balaban J connectivity index is 1.35. The molecule has 4 heterocycles. The van der Waals surface area contributed by atoms with Crippen molar-refractivity contribution in [2.45, 2.75) is 37.3 Å². The Kier molecular flexibility index (Phi) is 6.16. The first-order valence-corrected chi connectivity index (χ1v) is 11.4. The van der Waals surface area contributed by atoms with Crippen molar-refractivity contribution in [1.82, 2.24) is 9.97 Å². The molecule has 2 unspecified atom stereocenters. The van der Waals surface area contributed by atoms with Gasteiger partial charge < -0.3 is 25.1 Å². The Morgan fingerprint density at radius 2 is 1.82 bits per heavy atom. The van der Waals surface area contributed by atoms with Crippen LogP contribution in [0.2, 0.25) is 10.0 Å². The Hall–Kier alpha value is -2.42. The van der Waals surface area contributed by atoms with Crippen molar-refractivity contribution in [3.63, 3.8) is 0 Å². The summed E-state index contributed by atoms with van der Waals surface area (Å²) in [5, 5.41) is 11.1. The van der Waals surface area contributed by atoms with E-state index in [4.69, 9.17) is 43.1 Å². The van der Waals surface area contributed by atoms with Crippen molar-refractivity contribution >= 4 is 29.0 Å². The molecule has 2 aliphatic heterocycles. The first-order valence-electron chi connectivity index (χ1n) is 10.7. The number of halogens is 2. The fraction of sp³-hybridized carbons (Fsp3) is 0.333. The Bertz CT molecular complexity index is 1160. The molecule has 9 heteroatoms. The standard InChI is InChI=1S/C24H23Cl2N3O4/c1-12(16-7-15(25)3-4-18(16)26)33-21-6-14(9-29-24(21)27)13-2-5-19(28-8-13)17-10-31-23-20(30)11-32-22(17)23/h2-9,12,17,20,22-23,30H,10-11H2,1H3,(H2,27,29)/t12?,17?,20-,22-,23-/m1/s1. The normalized spacial score (nSPS) is 25.1. The maximum atomic E-state index is 9.96. The van der Waals surface area contributed by atoms with Crippen LogP contribution in [0.5, 0.6) is 5.75 Å². The summed E-state index contributed by atoms with van der Waals surface area (Å²) in [5.41, 5.74) is 9.38. The van der Waals surface area contributed by atoms with Gasteiger partial charge in [0.2, 0.25) is 0 Å². The molecule has 2 fully saturated rings. The average Bonchev–Trinajstić information content (AvgIpc) is 3.40. The molecule has 5 rings (SSSR count). The molecule has 0 amide bonds. The number of benzene rings is 1. The molecule has 0 spiro atoms. The predicted molar refractivity (Wildman–Crippen MR) is 126 cm³/mol. The van der Waals surface area contributed by atoms with E-state index in [9.17, 15) is 5.11 Å². The zero-order valence-electron chi connectivity index (χ0n) is 17.8. The Morgan fingerprint density at radius 3 is 2.61 bits per heavy atom. The highest BCUT2D eigenvalue weighted by Crippen LogP contribution is 2.38. The second-order valence-corrected chi connectivity index (χ2v) is 9.12. The quantitative estimate of drug-likeness (QED) is 0.549. The van der Waals surface area contributed by atoms with Gasteiger partial charge in [-0.05, 0) is 37.3 Å². The molecule has 0 radical (unpaired) electrons. The topological polar surface area (TPSA) is 99.7 Å². The minimum Gasteiger partial charge on any atom is -0.482 e. The molecule has 2 aromatic heterocycles. The second kappa shape index (κ2) is 9.08. The summed E-state index contributed by atoms with van der Waals surface area (Å²) >= 11 is 12.4. The number of ether oxygens (including phenoxy) is 3. The number of rotatable bonds is 5. The maximum absolute atomic E-state index is 9.96. The summed E-state index contributed by atoms with van der Waals surface area (Å²) < 4.78 is 17.5. The minimum absolute atomic E-state index is 0.00654. The van der Waals surface area contributed by atoms with Crippen molar-refractivity contribution in [2.75, 3.05) is 18.9 Å². The van der Waals surface area contributed by atoms with Crippen LogP contribution in [0.25, 0.3) is 11.1 Å². The van der Waals surface area contributed by atoms with Gasteiger partial charge in [0.05, 0.1) is 25.2 Å². The fourth-order valence-corrected chi connectivity index (χ4v) is 4.77. The number of nitrogen functional groups attached to an aromatic ring is 1. The molecule has 2 saturated heterocycles. The van der Waals surface area contributed by atoms with Gasteiger partial charge in [-0.3, -0.25) is 4.98 Å². The minimum atomic E-state index is -0.581. The third-order valence-electron chi connectivity index (χ3n) is 6.11. The zero-order chi connectivity index (χ0) is 23.1. The number of aliphatic hydroxyl groups is 1. The largest absolute Gasteiger partial charge is 0.482 e. The van der Waals surface area contributed by atoms with E-state index in [1.807, 2.05) is 25.1 Å². The Labute approximate surface area is 201 Å². The third kappa shape index (κ3) is 4.39. The van der Waals surface area contributed by atoms with Gasteiger partial charge in [-0.25, -0.2) is 4.98 Å². The van der Waals surface area contributed by atoms with E-state index in [2.05, 4.69) is 9.97 Å². The third-order valence-corrected chi connectivity index (χ3v) is 6.69. The molecule has 5 atom stereocenters. The van der Waals surface area contributed by atoms with E-state index in [-0.39, 0.29) is 30.0 Å². The Morgan fingerprint density at radius 1 is 1.03 bits per heavy atom. The lowest BCUT2D eigenvalue weighted by Crippen LogP contribution is -2.28. The second-order valence-electron chi connectivity index (χ2n) is 8.27.